The smallest absolute Gasteiger partial charge is 0.266 e. The molecule has 0 saturated carbocycles. The molecule has 0 spiro atoms. The number of carbonyl (C=O) groups excluding carboxylic acids is 1. The van der Waals surface area contributed by atoms with Crippen molar-refractivity contribution in [3.05, 3.63) is 56.5 Å². The van der Waals surface area contributed by atoms with E-state index in [2.05, 4.69) is 27.2 Å². The van der Waals surface area contributed by atoms with Gasteiger partial charge in [-0.25, -0.2) is 0 Å². The van der Waals surface area contributed by atoms with Crippen LogP contribution < -0.4 is 14.8 Å². The number of hydrogen-bond acceptors (Lipinski definition) is 4. The van der Waals surface area contributed by atoms with Crippen molar-refractivity contribution < 1.29 is 14.3 Å². The van der Waals surface area contributed by atoms with Crippen molar-refractivity contribution >= 4 is 45.2 Å². The molecule has 0 aromatic heterocycles. The summed E-state index contributed by atoms with van der Waals surface area (Å²) in [5, 5.41) is 12.6. The molecule has 1 N–H and O–H groups in total. The van der Waals surface area contributed by atoms with Crippen LogP contribution >= 0.6 is 27.5 Å². The highest BCUT2D eigenvalue weighted by molar-refractivity contribution is 9.10. The SMILES string of the molecule is C#CCOc1c(Br)cc(/C=C(/C#N)C(=O)Nc2ccc(C)c(Cl)c2)cc1OCC. The van der Waals surface area contributed by atoms with Gasteiger partial charge in [-0.1, -0.05) is 23.6 Å². The van der Waals surface area contributed by atoms with Gasteiger partial charge < -0.3 is 14.8 Å². The van der Waals surface area contributed by atoms with E-state index in [4.69, 9.17) is 27.5 Å². The number of ether oxygens (including phenoxy) is 2. The zero-order valence-corrected chi connectivity index (χ0v) is 18.2. The number of nitrogens with zero attached hydrogens (tertiary/aromatic N) is 1. The highest BCUT2D eigenvalue weighted by Gasteiger charge is 2.14. The first kappa shape index (κ1) is 22.4. The molecule has 0 heterocycles. The lowest BCUT2D eigenvalue weighted by atomic mass is 10.1. The molecule has 2 aromatic rings. The van der Waals surface area contributed by atoms with Crippen molar-refractivity contribution in [2.24, 2.45) is 0 Å². The molecule has 0 radical (unpaired) electrons. The Hall–Kier alpha value is -2.93. The fourth-order valence-electron chi connectivity index (χ4n) is 2.37. The number of amides is 1. The van der Waals surface area contributed by atoms with Gasteiger partial charge in [0.2, 0.25) is 0 Å². The van der Waals surface area contributed by atoms with Gasteiger partial charge in [-0.2, -0.15) is 5.26 Å². The summed E-state index contributed by atoms with van der Waals surface area (Å²) >= 11 is 9.50. The summed E-state index contributed by atoms with van der Waals surface area (Å²) in [5.74, 6) is 2.76. The van der Waals surface area contributed by atoms with Gasteiger partial charge in [0.25, 0.3) is 5.91 Å². The van der Waals surface area contributed by atoms with E-state index in [-0.39, 0.29) is 12.2 Å². The molecule has 0 saturated heterocycles. The normalized spacial score (nSPS) is 10.6. The molecule has 2 rings (SSSR count). The molecule has 5 nitrogen and oxygen atoms in total. The van der Waals surface area contributed by atoms with Crippen LogP contribution in [-0.4, -0.2) is 19.1 Å². The van der Waals surface area contributed by atoms with E-state index in [1.54, 1.807) is 30.3 Å². The molecule has 0 unspecified atom stereocenters. The number of nitrogens with one attached hydrogen (secondary N) is 1. The van der Waals surface area contributed by atoms with Gasteiger partial charge in [-0.15, -0.1) is 6.42 Å². The summed E-state index contributed by atoms with van der Waals surface area (Å²) in [6, 6.07) is 10.4. The summed E-state index contributed by atoms with van der Waals surface area (Å²) in [6.07, 6.45) is 6.71. The number of rotatable bonds is 7. The summed E-state index contributed by atoms with van der Waals surface area (Å²) in [6.45, 7) is 4.19. The van der Waals surface area contributed by atoms with Crippen molar-refractivity contribution in [3.8, 4) is 29.9 Å². The second-order valence-corrected chi connectivity index (χ2v) is 7.11. The zero-order valence-electron chi connectivity index (χ0n) is 15.9. The average Bonchev–Trinajstić information content (AvgIpc) is 2.68. The van der Waals surface area contributed by atoms with E-state index in [1.165, 1.54) is 6.08 Å². The van der Waals surface area contributed by atoms with Gasteiger partial charge >= 0.3 is 0 Å². The third-order valence-electron chi connectivity index (χ3n) is 3.74. The first-order chi connectivity index (χ1) is 13.9. The van der Waals surface area contributed by atoms with Crippen LogP contribution in [0.25, 0.3) is 6.08 Å². The minimum Gasteiger partial charge on any atom is -0.490 e. The molecule has 29 heavy (non-hydrogen) atoms. The molecule has 1 amide bonds. The highest BCUT2D eigenvalue weighted by atomic mass is 79.9. The van der Waals surface area contributed by atoms with Crippen LogP contribution in [0, 0.1) is 30.6 Å². The lowest BCUT2D eigenvalue weighted by Gasteiger charge is -2.13. The number of aryl methyl sites for hydroxylation is 1. The lowest BCUT2D eigenvalue weighted by molar-refractivity contribution is -0.112. The zero-order chi connectivity index (χ0) is 21.4. The molecule has 0 atom stereocenters. The quantitative estimate of drug-likeness (QED) is 0.333. The fourth-order valence-corrected chi connectivity index (χ4v) is 3.13. The summed E-state index contributed by atoms with van der Waals surface area (Å²) in [7, 11) is 0. The first-order valence-corrected chi connectivity index (χ1v) is 9.78. The number of nitriles is 1. The monoisotopic (exact) mass is 472 g/mol. The van der Waals surface area contributed by atoms with Crippen LogP contribution in [0.3, 0.4) is 0 Å². The number of terminal acetylenes is 1. The fraction of sp³-hybridized carbons (Fsp3) is 0.182. The van der Waals surface area contributed by atoms with Crippen LogP contribution in [0.5, 0.6) is 11.5 Å². The first-order valence-electron chi connectivity index (χ1n) is 8.61. The second kappa shape index (κ2) is 10.6. The Balaban J connectivity index is 2.33. The maximum atomic E-state index is 12.5. The van der Waals surface area contributed by atoms with E-state index in [9.17, 15) is 10.1 Å². The highest BCUT2D eigenvalue weighted by Crippen LogP contribution is 2.37. The van der Waals surface area contributed by atoms with Gasteiger partial charge in [0.05, 0.1) is 11.1 Å². The van der Waals surface area contributed by atoms with Crippen molar-refractivity contribution in [3.63, 3.8) is 0 Å². The standard InChI is InChI=1S/C22H18BrClN2O3/c1-4-8-29-21-18(23)10-15(11-20(21)28-5-2)9-16(13-25)22(27)26-17-7-6-14(3)19(24)12-17/h1,6-7,9-12H,5,8H2,2-3H3,(H,26,27)/b16-9-. The third-order valence-corrected chi connectivity index (χ3v) is 4.73. The summed E-state index contributed by atoms with van der Waals surface area (Å²) in [4.78, 5) is 12.5. The molecule has 7 heteroatoms. The molecular weight excluding hydrogens is 456 g/mol. The van der Waals surface area contributed by atoms with Gasteiger partial charge in [0, 0.05) is 10.7 Å². The predicted molar refractivity (Wildman–Crippen MR) is 118 cm³/mol. The Morgan fingerprint density at radius 3 is 2.72 bits per heavy atom. The van der Waals surface area contributed by atoms with Gasteiger partial charge in [0.1, 0.15) is 18.2 Å². The average molecular weight is 474 g/mol. The number of benzene rings is 2. The van der Waals surface area contributed by atoms with Gasteiger partial charge in [-0.3, -0.25) is 4.79 Å². The Bertz CT molecular complexity index is 1040. The van der Waals surface area contributed by atoms with Crippen molar-refractivity contribution in [2.75, 3.05) is 18.5 Å². The van der Waals surface area contributed by atoms with E-state index in [1.807, 2.05) is 19.9 Å². The van der Waals surface area contributed by atoms with Gasteiger partial charge in [-0.05, 0) is 71.2 Å². The predicted octanol–water partition coefficient (Wildman–Crippen LogP) is 5.37. The van der Waals surface area contributed by atoms with Gasteiger partial charge in [0.15, 0.2) is 11.5 Å². The Kier molecular flexibility index (Phi) is 8.15. The van der Waals surface area contributed by atoms with Crippen LogP contribution in [0.2, 0.25) is 5.02 Å². The summed E-state index contributed by atoms with van der Waals surface area (Å²) < 4.78 is 11.7. The Morgan fingerprint density at radius 1 is 1.34 bits per heavy atom. The number of hydrogen-bond donors (Lipinski definition) is 1. The molecule has 0 aliphatic carbocycles. The van der Waals surface area contributed by atoms with Crippen LogP contribution in [0.1, 0.15) is 18.1 Å². The van der Waals surface area contributed by atoms with E-state index in [0.29, 0.717) is 38.9 Å². The molecular formula is C22H18BrClN2O3. The maximum absolute atomic E-state index is 12.5. The molecule has 0 bridgehead atoms. The maximum Gasteiger partial charge on any atom is 0.266 e. The van der Waals surface area contributed by atoms with E-state index >= 15 is 0 Å². The molecule has 148 valence electrons. The molecule has 0 aliphatic heterocycles. The molecule has 2 aromatic carbocycles. The van der Waals surface area contributed by atoms with Crippen molar-refractivity contribution in [2.45, 2.75) is 13.8 Å². The van der Waals surface area contributed by atoms with E-state index in [0.717, 1.165) is 5.56 Å². The van der Waals surface area contributed by atoms with Crippen molar-refractivity contribution in [1.82, 2.24) is 0 Å². The van der Waals surface area contributed by atoms with Crippen molar-refractivity contribution in [1.29, 1.82) is 5.26 Å². The van der Waals surface area contributed by atoms with Crippen LogP contribution in [0.4, 0.5) is 5.69 Å². The summed E-state index contributed by atoms with van der Waals surface area (Å²) in [5.41, 5.74) is 1.90. The Morgan fingerprint density at radius 2 is 2.10 bits per heavy atom. The molecule has 0 aliphatic rings. The van der Waals surface area contributed by atoms with E-state index < -0.39 is 5.91 Å². The topological polar surface area (TPSA) is 71.3 Å². The second-order valence-electron chi connectivity index (χ2n) is 5.84. The number of carbonyl (C=O) groups is 1. The molecule has 0 fully saturated rings. The minimum atomic E-state index is -0.547. The van der Waals surface area contributed by atoms with Crippen LogP contribution in [0.15, 0.2) is 40.4 Å². The largest absolute Gasteiger partial charge is 0.490 e. The number of anilines is 1. The lowest BCUT2D eigenvalue weighted by Crippen LogP contribution is -2.13. The third kappa shape index (κ3) is 6.02. The number of halogens is 2. The van der Waals surface area contributed by atoms with Crippen LogP contribution in [-0.2, 0) is 4.79 Å². The Labute approximate surface area is 183 Å². The minimum absolute atomic E-state index is 0.0756.